The van der Waals surface area contributed by atoms with Gasteiger partial charge in [-0.2, -0.15) is 0 Å². The van der Waals surface area contributed by atoms with Gasteiger partial charge in [0, 0.05) is 11.5 Å². The van der Waals surface area contributed by atoms with E-state index >= 15 is 0 Å². The Hall–Kier alpha value is -3.35. The molecule has 0 saturated heterocycles. The van der Waals surface area contributed by atoms with E-state index in [9.17, 15) is 14.4 Å². The molecule has 0 spiro atoms. The molecule has 0 bridgehead atoms. The lowest BCUT2D eigenvalue weighted by atomic mass is 9.89. The minimum Gasteiger partial charge on any atom is -0.481 e. The predicted octanol–water partition coefficient (Wildman–Crippen LogP) is 4.45. The maximum absolute atomic E-state index is 13.1. The Balaban J connectivity index is 1.71. The van der Waals surface area contributed by atoms with E-state index in [4.69, 9.17) is 9.84 Å². The first-order valence-electron chi connectivity index (χ1n) is 11.3. The van der Waals surface area contributed by atoms with Crippen LogP contribution in [0.4, 0.5) is 4.79 Å². The number of fused-ring (bicyclic) bond motifs is 3. The summed E-state index contributed by atoms with van der Waals surface area (Å²) in [7, 11) is 0. The quantitative estimate of drug-likeness (QED) is 0.521. The minimum absolute atomic E-state index is 0.0795. The van der Waals surface area contributed by atoms with Crippen LogP contribution in [0.2, 0.25) is 0 Å². The van der Waals surface area contributed by atoms with Crippen molar-refractivity contribution in [2.45, 2.75) is 64.0 Å². The normalized spacial score (nSPS) is 13.1. The topological polar surface area (TPSA) is 105 Å². The average Bonchev–Trinajstić information content (AvgIpc) is 3.08. The van der Waals surface area contributed by atoms with Gasteiger partial charge in [0.2, 0.25) is 5.91 Å². The highest BCUT2D eigenvalue weighted by Gasteiger charge is 2.40. The molecule has 7 heteroatoms. The van der Waals surface area contributed by atoms with E-state index in [-0.39, 0.29) is 18.9 Å². The molecule has 0 fully saturated rings. The van der Waals surface area contributed by atoms with Gasteiger partial charge in [-0.3, -0.25) is 9.59 Å². The number of rotatable bonds is 9. The number of ether oxygens (including phenoxy) is 1. The van der Waals surface area contributed by atoms with Crippen LogP contribution in [0.25, 0.3) is 11.1 Å². The van der Waals surface area contributed by atoms with Gasteiger partial charge in [-0.1, -0.05) is 62.4 Å². The molecule has 0 saturated carbocycles. The number of hydrogen-bond donors (Lipinski definition) is 3. The minimum atomic E-state index is -1.20. The molecule has 2 aromatic carbocycles. The number of benzene rings is 2. The third-order valence-corrected chi connectivity index (χ3v) is 6.37. The van der Waals surface area contributed by atoms with E-state index in [0.29, 0.717) is 12.8 Å². The first kappa shape index (κ1) is 24.3. The zero-order valence-electron chi connectivity index (χ0n) is 19.6. The molecule has 2 aromatic rings. The van der Waals surface area contributed by atoms with Crippen LogP contribution in [0.1, 0.15) is 64.0 Å². The predicted molar refractivity (Wildman–Crippen MR) is 126 cm³/mol. The summed E-state index contributed by atoms with van der Waals surface area (Å²) in [5.41, 5.74) is 2.34. The summed E-state index contributed by atoms with van der Waals surface area (Å²) in [6, 6.07) is 16.1. The van der Waals surface area contributed by atoms with Crippen molar-refractivity contribution in [2.75, 3.05) is 6.61 Å². The molecule has 2 amide bonds. The largest absolute Gasteiger partial charge is 0.481 e. The summed E-state index contributed by atoms with van der Waals surface area (Å²) in [6.45, 7) is 7.04. The van der Waals surface area contributed by atoms with Gasteiger partial charge in [-0.05, 0) is 48.9 Å². The van der Waals surface area contributed by atoms with Crippen LogP contribution in [-0.2, 0) is 14.3 Å². The second-order valence-corrected chi connectivity index (χ2v) is 9.15. The highest BCUT2D eigenvalue weighted by molar-refractivity contribution is 5.90. The van der Waals surface area contributed by atoms with Gasteiger partial charge in [0.1, 0.15) is 12.1 Å². The maximum Gasteiger partial charge on any atom is 0.408 e. The van der Waals surface area contributed by atoms with Crippen molar-refractivity contribution < 1.29 is 24.2 Å². The number of carboxylic acid groups (broad SMARTS) is 1. The van der Waals surface area contributed by atoms with Crippen molar-refractivity contribution in [3.8, 4) is 11.1 Å². The van der Waals surface area contributed by atoms with Crippen molar-refractivity contribution >= 4 is 18.0 Å². The summed E-state index contributed by atoms with van der Waals surface area (Å²) in [5.74, 6) is -1.51. The van der Waals surface area contributed by atoms with Crippen LogP contribution < -0.4 is 10.6 Å². The van der Waals surface area contributed by atoms with Gasteiger partial charge in [-0.15, -0.1) is 0 Å². The molecule has 0 aromatic heterocycles. The summed E-state index contributed by atoms with van der Waals surface area (Å²) in [4.78, 5) is 37.0. The smallest absolute Gasteiger partial charge is 0.408 e. The van der Waals surface area contributed by atoms with Crippen molar-refractivity contribution in [1.82, 2.24) is 10.6 Å². The van der Waals surface area contributed by atoms with Gasteiger partial charge in [0.15, 0.2) is 0 Å². The molecule has 1 aliphatic rings. The third kappa shape index (κ3) is 5.18. The number of carbonyl (C=O) groups is 3. The molecular formula is C26H32N2O5. The lowest BCUT2D eigenvalue weighted by Crippen LogP contribution is -2.62. The number of carboxylic acids is 1. The van der Waals surface area contributed by atoms with E-state index in [1.807, 2.05) is 36.4 Å². The van der Waals surface area contributed by atoms with Gasteiger partial charge in [-0.25, -0.2) is 4.79 Å². The van der Waals surface area contributed by atoms with Crippen molar-refractivity contribution in [3.05, 3.63) is 59.7 Å². The van der Waals surface area contributed by atoms with Crippen LogP contribution in [0.15, 0.2) is 48.5 Å². The first-order chi connectivity index (χ1) is 15.6. The highest BCUT2D eigenvalue weighted by Crippen LogP contribution is 2.44. The summed E-state index contributed by atoms with van der Waals surface area (Å²) in [5, 5.41) is 14.6. The van der Waals surface area contributed by atoms with Crippen LogP contribution in [0, 0.1) is 0 Å². The molecule has 0 unspecified atom stereocenters. The highest BCUT2D eigenvalue weighted by atomic mass is 16.5. The van der Waals surface area contributed by atoms with Crippen LogP contribution in [-0.4, -0.2) is 40.8 Å². The Bertz CT molecular complexity index is 997. The van der Waals surface area contributed by atoms with Crippen molar-refractivity contribution in [3.63, 3.8) is 0 Å². The second kappa shape index (κ2) is 9.65. The molecular weight excluding hydrogens is 420 g/mol. The van der Waals surface area contributed by atoms with E-state index in [1.54, 1.807) is 27.7 Å². The molecule has 0 aliphatic heterocycles. The monoisotopic (exact) mass is 452 g/mol. The number of aliphatic carboxylic acids is 1. The maximum atomic E-state index is 13.1. The lowest BCUT2D eigenvalue weighted by molar-refractivity contribution is -0.139. The molecule has 176 valence electrons. The molecule has 0 heterocycles. The van der Waals surface area contributed by atoms with Gasteiger partial charge >= 0.3 is 12.1 Å². The van der Waals surface area contributed by atoms with E-state index < -0.39 is 29.0 Å². The third-order valence-electron chi connectivity index (χ3n) is 6.37. The number of nitrogens with one attached hydrogen (secondary N) is 2. The molecule has 3 N–H and O–H groups in total. The molecule has 0 atom stereocenters. The Morgan fingerprint density at radius 3 is 1.91 bits per heavy atom. The number of alkyl carbamates (subject to hydrolysis) is 1. The Morgan fingerprint density at radius 2 is 1.42 bits per heavy atom. The SMILES string of the molecule is CCC(CC)(NC(=O)OCC1c2ccccc2-c2ccccc21)C(=O)NC(C)(C)CC(=O)O. The summed E-state index contributed by atoms with van der Waals surface area (Å²) < 4.78 is 5.62. The molecule has 7 nitrogen and oxygen atoms in total. The fourth-order valence-electron chi connectivity index (χ4n) is 4.48. The zero-order chi connectivity index (χ0) is 24.2. The van der Waals surface area contributed by atoms with Gasteiger partial charge in [0.25, 0.3) is 0 Å². The Morgan fingerprint density at radius 1 is 0.909 bits per heavy atom. The van der Waals surface area contributed by atoms with Gasteiger partial charge in [0.05, 0.1) is 6.42 Å². The average molecular weight is 453 g/mol. The van der Waals surface area contributed by atoms with E-state index in [2.05, 4.69) is 22.8 Å². The second-order valence-electron chi connectivity index (χ2n) is 9.15. The van der Waals surface area contributed by atoms with Crippen LogP contribution in [0.3, 0.4) is 0 Å². The van der Waals surface area contributed by atoms with Crippen LogP contribution in [0.5, 0.6) is 0 Å². The summed E-state index contributed by atoms with van der Waals surface area (Å²) in [6.07, 6.45) is -0.231. The lowest BCUT2D eigenvalue weighted by Gasteiger charge is -2.35. The van der Waals surface area contributed by atoms with Gasteiger partial charge < -0.3 is 20.5 Å². The first-order valence-corrected chi connectivity index (χ1v) is 11.3. The summed E-state index contributed by atoms with van der Waals surface area (Å²) >= 11 is 0. The molecule has 33 heavy (non-hydrogen) atoms. The fraction of sp³-hybridized carbons (Fsp3) is 0.423. The number of amides is 2. The Kier molecular flexibility index (Phi) is 7.10. The fourth-order valence-corrected chi connectivity index (χ4v) is 4.48. The molecule has 1 aliphatic carbocycles. The standard InChI is InChI=1S/C26H32N2O5/c1-5-26(6-2,23(31)27-25(3,4)15-22(29)30)28-24(32)33-16-21-19-13-9-7-11-17(19)18-12-8-10-14-20(18)21/h7-14,21H,5-6,15-16H2,1-4H3,(H,27,31)(H,28,32)(H,29,30). The van der Waals surface area contributed by atoms with Crippen LogP contribution >= 0.6 is 0 Å². The zero-order valence-corrected chi connectivity index (χ0v) is 19.6. The van der Waals surface area contributed by atoms with E-state index in [1.165, 1.54) is 0 Å². The van der Waals surface area contributed by atoms with E-state index in [0.717, 1.165) is 22.3 Å². The molecule has 0 radical (unpaired) electrons. The number of hydrogen-bond acceptors (Lipinski definition) is 4. The molecule has 3 rings (SSSR count). The Labute approximate surface area is 194 Å². The number of carbonyl (C=O) groups excluding carboxylic acids is 2. The van der Waals surface area contributed by atoms with Crippen molar-refractivity contribution in [1.29, 1.82) is 0 Å². The van der Waals surface area contributed by atoms with Crippen molar-refractivity contribution in [2.24, 2.45) is 0 Å².